The Morgan fingerprint density at radius 1 is 0.889 bits per heavy atom. The second-order valence-electron chi connectivity index (χ2n) is 5.76. The van der Waals surface area contributed by atoms with Crippen LogP contribution in [0.15, 0.2) is 48.5 Å². The molecule has 92 valence electrons. The highest BCUT2D eigenvalue weighted by molar-refractivity contribution is 5.65. The molecule has 1 heteroatoms. The lowest BCUT2D eigenvalue weighted by molar-refractivity contribution is 0.363. The number of benzene rings is 2. The molecule has 0 saturated carbocycles. The summed E-state index contributed by atoms with van der Waals surface area (Å²) in [4.78, 5) is 0. The summed E-state index contributed by atoms with van der Waals surface area (Å²) in [6.07, 6.45) is 1.11. The number of hydrogen-bond acceptors (Lipinski definition) is 1. The van der Waals surface area contributed by atoms with Crippen LogP contribution in [0.2, 0.25) is 0 Å². The lowest BCUT2D eigenvalue weighted by Crippen LogP contribution is -2.44. The summed E-state index contributed by atoms with van der Waals surface area (Å²) in [6, 6.07) is 17.4. The fourth-order valence-corrected chi connectivity index (χ4v) is 2.65. The Balaban J connectivity index is 1.98. The number of hydrogen-bond donors (Lipinski definition) is 1. The van der Waals surface area contributed by atoms with Gasteiger partial charge in [0.2, 0.25) is 0 Å². The molecular weight excluding hydrogens is 218 g/mol. The maximum Gasteiger partial charge on any atom is 0.0213 e. The van der Waals surface area contributed by atoms with Crippen LogP contribution in [0.25, 0.3) is 11.1 Å². The molecule has 1 aliphatic rings. The smallest absolute Gasteiger partial charge is 0.0213 e. The first-order valence-electron chi connectivity index (χ1n) is 6.56. The highest BCUT2D eigenvalue weighted by Crippen LogP contribution is 2.27. The van der Waals surface area contributed by atoms with Gasteiger partial charge in [-0.25, -0.2) is 0 Å². The van der Waals surface area contributed by atoms with Crippen LogP contribution in [0.1, 0.15) is 25.0 Å². The molecule has 0 radical (unpaired) electrons. The summed E-state index contributed by atoms with van der Waals surface area (Å²) in [5, 5.41) is 3.59. The van der Waals surface area contributed by atoms with Gasteiger partial charge in [0, 0.05) is 12.1 Å². The first kappa shape index (κ1) is 11.5. The van der Waals surface area contributed by atoms with E-state index < -0.39 is 0 Å². The molecular formula is C17H19N. The van der Waals surface area contributed by atoms with Crippen molar-refractivity contribution in [1.29, 1.82) is 0 Å². The lowest BCUT2D eigenvalue weighted by Gasteiger charge is -2.33. The predicted octanol–water partition coefficient (Wildman–Crippen LogP) is 3.78. The standard InChI is InChI=1S/C17H19N/c1-17(2)11-15-9-8-14(10-16(15)12-18-17)13-6-4-3-5-7-13/h3-10,18H,11-12H2,1-2H3. The maximum absolute atomic E-state index is 3.59. The van der Waals surface area contributed by atoms with E-state index in [0.29, 0.717) is 0 Å². The molecule has 0 saturated heterocycles. The van der Waals surface area contributed by atoms with Gasteiger partial charge >= 0.3 is 0 Å². The summed E-state index contributed by atoms with van der Waals surface area (Å²) in [5.74, 6) is 0. The molecule has 0 aromatic heterocycles. The third-order valence-corrected chi connectivity index (χ3v) is 3.70. The number of fused-ring (bicyclic) bond motifs is 1. The van der Waals surface area contributed by atoms with Crippen LogP contribution < -0.4 is 5.32 Å². The van der Waals surface area contributed by atoms with E-state index in [4.69, 9.17) is 0 Å². The van der Waals surface area contributed by atoms with Gasteiger partial charge in [0.1, 0.15) is 0 Å². The molecule has 3 rings (SSSR count). The predicted molar refractivity (Wildman–Crippen MR) is 76.5 cm³/mol. The van der Waals surface area contributed by atoms with Crippen molar-refractivity contribution < 1.29 is 0 Å². The Morgan fingerprint density at radius 3 is 2.44 bits per heavy atom. The summed E-state index contributed by atoms with van der Waals surface area (Å²) in [7, 11) is 0. The summed E-state index contributed by atoms with van der Waals surface area (Å²) in [5.41, 5.74) is 5.76. The first-order chi connectivity index (χ1) is 8.64. The van der Waals surface area contributed by atoms with Crippen LogP contribution in [0.3, 0.4) is 0 Å². The Morgan fingerprint density at radius 2 is 1.67 bits per heavy atom. The fraction of sp³-hybridized carbons (Fsp3) is 0.294. The van der Waals surface area contributed by atoms with Crippen LogP contribution >= 0.6 is 0 Å². The monoisotopic (exact) mass is 237 g/mol. The molecule has 2 aromatic rings. The Bertz CT molecular complexity index is 555. The summed E-state index contributed by atoms with van der Waals surface area (Å²) < 4.78 is 0. The average molecular weight is 237 g/mol. The van der Waals surface area contributed by atoms with E-state index in [9.17, 15) is 0 Å². The zero-order chi connectivity index (χ0) is 12.6. The van der Waals surface area contributed by atoms with Crippen molar-refractivity contribution in [1.82, 2.24) is 5.32 Å². The molecule has 0 fully saturated rings. The third kappa shape index (κ3) is 2.19. The molecule has 2 aromatic carbocycles. The molecule has 0 amide bonds. The molecule has 1 nitrogen and oxygen atoms in total. The molecule has 0 bridgehead atoms. The van der Waals surface area contributed by atoms with Gasteiger partial charge < -0.3 is 5.32 Å². The van der Waals surface area contributed by atoms with Crippen molar-refractivity contribution in [2.75, 3.05) is 0 Å². The zero-order valence-corrected chi connectivity index (χ0v) is 11.0. The quantitative estimate of drug-likeness (QED) is 0.796. The normalized spacial score (nSPS) is 17.2. The minimum Gasteiger partial charge on any atom is -0.307 e. The van der Waals surface area contributed by atoms with E-state index in [1.54, 1.807) is 0 Å². The molecule has 1 N–H and O–H groups in total. The summed E-state index contributed by atoms with van der Waals surface area (Å²) in [6.45, 7) is 5.51. The van der Waals surface area contributed by atoms with Crippen LogP contribution in [-0.2, 0) is 13.0 Å². The average Bonchev–Trinajstić information content (AvgIpc) is 2.38. The summed E-state index contributed by atoms with van der Waals surface area (Å²) >= 11 is 0. The highest BCUT2D eigenvalue weighted by Gasteiger charge is 2.24. The fourth-order valence-electron chi connectivity index (χ4n) is 2.65. The molecule has 0 atom stereocenters. The Labute approximate surface area is 109 Å². The van der Waals surface area contributed by atoms with Crippen molar-refractivity contribution in [3.8, 4) is 11.1 Å². The van der Waals surface area contributed by atoms with E-state index >= 15 is 0 Å². The molecule has 0 spiro atoms. The van der Waals surface area contributed by atoms with E-state index in [0.717, 1.165) is 13.0 Å². The second-order valence-corrected chi connectivity index (χ2v) is 5.76. The molecule has 1 heterocycles. The van der Waals surface area contributed by atoms with E-state index in [1.165, 1.54) is 22.3 Å². The molecule has 0 aliphatic carbocycles. The van der Waals surface area contributed by atoms with Gasteiger partial charge in [0.15, 0.2) is 0 Å². The topological polar surface area (TPSA) is 12.0 Å². The van der Waals surface area contributed by atoms with Crippen LogP contribution in [-0.4, -0.2) is 5.54 Å². The highest BCUT2D eigenvalue weighted by atomic mass is 15.0. The lowest BCUT2D eigenvalue weighted by atomic mass is 9.86. The number of rotatable bonds is 1. The second kappa shape index (κ2) is 4.25. The van der Waals surface area contributed by atoms with Gasteiger partial charge in [-0.15, -0.1) is 0 Å². The Hall–Kier alpha value is -1.60. The molecule has 0 unspecified atom stereocenters. The van der Waals surface area contributed by atoms with Gasteiger partial charge in [0.05, 0.1) is 0 Å². The zero-order valence-electron chi connectivity index (χ0n) is 11.0. The number of nitrogens with one attached hydrogen (secondary N) is 1. The van der Waals surface area contributed by atoms with Crippen LogP contribution in [0.4, 0.5) is 0 Å². The molecule has 1 aliphatic heterocycles. The van der Waals surface area contributed by atoms with Crippen molar-refractivity contribution in [2.24, 2.45) is 0 Å². The van der Waals surface area contributed by atoms with E-state index in [1.807, 2.05) is 0 Å². The van der Waals surface area contributed by atoms with E-state index in [-0.39, 0.29) is 5.54 Å². The minimum absolute atomic E-state index is 0.223. The van der Waals surface area contributed by atoms with E-state index in [2.05, 4.69) is 67.7 Å². The van der Waals surface area contributed by atoms with Crippen LogP contribution in [0.5, 0.6) is 0 Å². The molecule has 18 heavy (non-hydrogen) atoms. The van der Waals surface area contributed by atoms with Gasteiger partial charge in [-0.1, -0.05) is 42.5 Å². The van der Waals surface area contributed by atoms with Gasteiger partial charge in [-0.3, -0.25) is 0 Å². The largest absolute Gasteiger partial charge is 0.307 e. The van der Waals surface area contributed by atoms with Crippen molar-refractivity contribution >= 4 is 0 Å². The van der Waals surface area contributed by atoms with Crippen molar-refractivity contribution in [3.63, 3.8) is 0 Å². The third-order valence-electron chi connectivity index (χ3n) is 3.70. The Kier molecular flexibility index (Phi) is 2.71. The van der Waals surface area contributed by atoms with Gasteiger partial charge in [-0.2, -0.15) is 0 Å². The minimum atomic E-state index is 0.223. The van der Waals surface area contributed by atoms with Crippen molar-refractivity contribution in [3.05, 3.63) is 59.7 Å². The first-order valence-corrected chi connectivity index (χ1v) is 6.56. The maximum atomic E-state index is 3.59. The van der Waals surface area contributed by atoms with Gasteiger partial charge in [-0.05, 0) is 48.6 Å². The van der Waals surface area contributed by atoms with Gasteiger partial charge in [0.25, 0.3) is 0 Å². The van der Waals surface area contributed by atoms with Crippen molar-refractivity contribution in [2.45, 2.75) is 32.4 Å². The van der Waals surface area contributed by atoms with Crippen LogP contribution in [0, 0.1) is 0 Å². The SMILES string of the molecule is CC1(C)Cc2ccc(-c3ccccc3)cc2CN1.